The molecule has 0 heterocycles. The summed E-state index contributed by atoms with van der Waals surface area (Å²) in [4.78, 5) is 95.5. The maximum Gasteiger partial charge on any atom is 0.400 e. The molecule has 0 saturated carbocycles. The van der Waals surface area contributed by atoms with Crippen LogP contribution in [0.15, 0.2) is 4.99 Å². The van der Waals surface area contributed by atoms with Gasteiger partial charge in [0.05, 0.1) is 0 Å². The molecule has 0 unspecified atom stereocenters. The second-order valence-electron chi connectivity index (χ2n) is 5.02. The van der Waals surface area contributed by atoms with Gasteiger partial charge in [-0.2, -0.15) is 0 Å². The van der Waals surface area contributed by atoms with E-state index in [-0.39, 0.29) is 0 Å². The van der Waals surface area contributed by atoms with Crippen molar-refractivity contribution in [3.8, 4) is 0 Å². The number of nitrogens with zero attached hydrogens (tertiary/aromatic N) is 1. The summed E-state index contributed by atoms with van der Waals surface area (Å²) >= 11 is 0. The third kappa shape index (κ3) is 5.14. The Labute approximate surface area is 156 Å². The molecule has 0 radical (unpaired) electrons. The van der Waals surface area contributed by atoms with E-state index in [1.165, 1.54) is 10.4 Å². The number of nitrogens with one attached hydrogen (secondary N) is 2. The van der Waals surface area contributed by atoms with Gasteiger partial charge in [-0.15, -0.1) is 0 Å². The van der Waals surface area contributed by atoms with Crippen LogP contribution in [0.4, 0.5) is 0 Å². The molecule has 28 heavy (non-hydrogen) atoms. The number of aliphatic imine (C=N–C) groups is 1. The summed E-state index contributed by atoms with van der Waals surface area (Å²) in [6.45, 7) is 0.106. The lowest BCUT2D eigenvalue weighted by Crippen LogP contribution is -2.61. The molecule has 0 aromatic carbocycles. The van der Waals surface area contributed by atoms with E-state index >= 15 is 0 Å². The molecule has 12 N–H and O–H groups in total. The van der Waals surface area contributed by atoms with Gasteiger partial charge in [0.25, 0.3) is 5.02 Å². The van der Waals surface area contributed by atoms with Crippen LogP contribution in [0, 0.1) is 0 Å². The minimum absolute atomic E-state index is 1.04. The summed E-state index contributed by atoms with van der Waals surface area (Å²) in [5.41, 5.74) is 0. The van der Waals surface area contributed by atoms with Crippen molar-refractivity contribution in [2.24, 2.45) is 4.99 Å². The minimum atomic E-state index is -6.65. The Morgan fingerprint density at radius 3 is 1.25 bits per heavy atom. The second-order valence-corrected chi connectivity index (χ2v) is 14.1. The molecular formula is C5H18N3O15P5. The highest BCUT2D eigenvalue weighted by molar-refractivity contribution is 7.80. The molecule has 0 atom stereocenters. The molecule has 23 heteroatoms. The normalized spacial score (nSPS) is 15.5. The molecule has 168 valence electrons. The van der Waals surface area contributed by atoms with Gasteiger partial charge in [0.15, 0.2) is 0 Å². The Hall–Kier alpha value is 0.340. The minimum Gasteiger partial charge on any atom is -0.323 e. The van der Waals surface area contributed by atoms with E-state index in [2.05, 4.69) is 11.7 Å². The summed E-state index contributed by atoms with van der Waals surface area (Å²) in [5, 5.41) is -6.87. The summed E-state index contributed by atoms with van der Waals surface area (Å²) in [5.74, 6) is 0. The van der Waals surface area contributed by atoms with Gasteiger partial charge in [-0.1, -0.05) is 0 Å². The molecule has 0 aromatic heterocycles. The first-order valence-electron chi connectivity index (χ1n) is 6.28. The van der Waals surface area contributed by atoms with Crippen molar-refractivity contribution in [1.29, 1.82) is 0 Å². The first-order chi connectivity index (χ1) is 12.0. The Balaban J connectivity index is 7.09. The van der Waals surface area contributed by atoms with E-state index in [1.807, 2.05) is 0 Å². The molecule has 0 aliphatic carbocycles. The zero-order chi connectivity index (χ0) is 23.0. The van der Waals surface area contributed by atoms with Crippen molar-refractivity contribution in [3.05, 3.63) is 0 Å². The second kappa shape index (κ2) is 8.46. The Morgan fingerprint density at radius 2 is 1.04 bits per heavy atom. The third-order valence-electron chi connectivity index (χ3n) is 3.16. The fourth-order valence-corrected chi connectivity index (χ4v) is 11.3. The third-order valence-corrected chi connectivity index (χ3v) is 12.9. The van der Waals surface area contributed by atoms with Crippen LogP contribution in [0.1, 0.15) is 0 Å². The summed E-state index contributed by atoms with van der Waals surface area (Å²) in [6.07, 6.45) is 0. The standard InChI is InChI=1S/C5H18N3O15P5/c1-6-4(24(9,10)11,25(12,13)14)5(26(15,16)17,27(18,19)20)7-2-3-8-28(21,22)23/h7H,1-3H2,(H2,9,10,11)(H2,12,13,14)(H2,15,16,17)(H2,18,19,20)(H3,8,21,22,23). The average molecular weight is 515 g/mol. The van der Waals surface area contributed by atoms with E-state index in [0.717, 1.165) is 0 Å². The highest BCUT2D eigenvalue weighted by Crippen LogP contribution is 2.86. The fourth-order valence-electron chi connectivity index (χ4n) is 2.19. The Morgan fingerprint density at radius 1 is 0.679 bits per heavy atom. The van der Waals surface area contributed by atoms with Crippen LogP contribution in [0.25, 0.3) is 0 Å². The Kier molecular flexibility index (Phi) is 8.57. The van der Waals surface area contributed by atoms with E-state index in [9.17, 15) is 62.0 Å². The van der Waals surface area contributed by atoms with E-state index in [1.54, 1.807) is 0 Å². The van der Waals surface area contributed by atoms with Crippen molar-refractivity contribution in [2.45, 2.75) is 10.0 Å². The zero-order valence-electron chi connectivity index (χ0n) is 13.3. The molecule has 18 nitrogen and oxygen atoms in total. The van der Waals surface area contributed by atoms with Crippen molar-refractivity contribution < 1.29 is 71.8 Å². The van der Waals surface area contributed by atoms with Gasteiger partial charge in [-0.05, 0) is 6.72 Å². The first kappa shape index (κ1) is 28.3. The molecule has 0 saturated heterocycles. The molecule has 0 aliphatic heterocycles. The van der Waals surface area contributed by atoms with E-state index in [4.69, 9.17) is 9.79 Å². The van der Waals surface area contributed by atoms with Gasteiger partial charge in [-0.3, -0.25) is 28.6 Å². The summed E-state index contributed by atoms with van der Waals surface area (Å²) in [6, 6.07) is 0. The van der Waals surface area contributed by atoms with Crippen molar-refractivity contribution in [1.82, 2.24) is 10.4 Å². The van der Waals surface area contributed by atoms with Crippen LogP contribution in [-0.4, -0.2) is 78.8 Å². The van der Waals surface area contributed by atoms with E-state index < -0.39 is 61.3 Å². The average Bonchev–Trinajstić information content (AvgIpc) is 2.34. The zero-order valence-corrected chi connectivity index (χ0v) is 17.8. The monoisotopic (exact) mass is 515 g/mol. The predicted octanol–water partition coefficient (Wildman–Crippen LogP) is -3.02. The molecule has 0 aromatic rings. The van der Waals surface area contributed by atoms with Crippen LogP contribution in [-0.2, 0) is 22.8 Å². The predicted molar refractivity (Wildman–Crippen MR) is 91.2 cm³/mol. The maximum atomic E-state index is 12.0. The fraction of sp³-hybridized carbons (Fsp3) is 0.800. The number of hydrogen-bond acceptors (Lipinski definition) is 7. The van der Waals surface area contributed by atoms with Crippen molar-refractivity contribution in [3.63, 3.8) is 0 Å². The van der Waals surface area contributed by atoms with Gasteiger partial charge in [-0.25, -0.2) is 9.65 Å². The highest BCUT2D eigenvalue weighted by Gasteiger charge is 2.85. The van der Waals surface area contributed by atoms with Crippen LogP contribution < -0.4 is 10.4 Å². The van der Waals surface area contributed by atoms with E-state index in [0.29, 0.717) is 0 Å². The molecule has 0 bridgehead atoms. The molecule has 0 fully saturated rings. The summed E-state index contributed by atoms with van der Waals surface area (Å²) in [7, 11) is -31.5. The van der Waals surface area contributed by atoms with Gasteiger partial charge in [0.1, 0.15) is 0 Å². The summed E-state index contributed by atoms with van der Waals surface area (Å²) < 4.78 is 58.4. The van der Waals surface area contributed by atoms with Crippen molar-refractivity contribution in [2.75, 3.05) is 13.1 Å². The lowest BCUT2D eigenvalue weighted by atomic mass is 10.5. The topological polar surface area (TPSA) is 324 Å². The SMILES string of the molecule is C=NC(C(NCCNP(=O)(O)O)(P(=O)(O)O)P(=O)(O)O)(P(=O)(O)O)P(=O)(O)O. The molecule has 0 amide bonds. The van der Waals surface area contributed by atoms with Gasteiger partial charge < -0.3 is 48.9 Å². The Bertz CT molecular complexity index is 781. The lowest BCUT2D eigenvalue weighted by molar-refractivity contribution is 0.233. The largest absolute Gasteiger partial charge is 0.400 e. The lowest BCUT2D eigenvalue weighted by Gasteiger charge is -2.46. The molecule has 0 aliphatic rings. The molecule has 0 spiro atoms. The van der Waals surface area contributed by atoms with Crippen LogP contribution in [0.2, 0.25) is 0 Å². The smallest absolute Gasteiger partial charge is 0.323 e. The van der Waals surface area contributed by atoms with Crippen molar-refractivity contribution >= 4 is 44.8 Å². The number of rotatable bonds is 11. The van der Waals surface area contributed by atoms with Gasteiger partial charge >= 0.3 is 43.2 Å². The maximum absolute atomic E-state index is 12.0. The molecule has 0 rings (SSSR count). The molecular weight excluding hydrogens is 497 g/mol. The highest BCUT2D eigenvalue weighted by atomic mass is 31.3. The van der Waals surface area contributed by atoms with Crippen LogP contribution in [0.3, 0.4) is 0 Å². The van der Waals surface area contributed by atoms with Gasteiger partial charge in [0.2, 0.25) is 0 Å². The van der Waals surface area contributed by atoms with Gasteiger partial charge in [0, 0.05) is 13.1 Å². The first-order valence-corrected chi connectivity index (χ1v) is 14.3. The quantitative estimate of drug-likeness (QED) is 0.0739. The van der Waals surface area contributed by atoms with Crippen LogP contribution >= 0.6 is 38.1 Å². The number of hydrogen-bond donors (Lipinski definition) is 12. The van der Waals surface area contributed by atoms with Crippen LogP contribution in [0.5, 0.6) is 0 Å².